The Morgan fingerprint density at radius 1 is 1.33 bits per heavy atom. The molecule has 112 valence electrons. The van der Waals surface area contributed by atoms with Gasteiger partial charge in [0, 0.05) is 26.4 Å². The van der Waals surface area contributed by atoms with Crippen LogP contribution in [0, 0.1) is 17.0 Å². The fourth-order valence-corrected chi connectivity index (χ4v) is 1.97. The second kappa shape index (κ2) is 6.69. The highest BCUT2D eigenvalue weighted by molar-refractivity contribution is 5.76. The van der Waals surface area contributed by atoms with E-state index in [1.54, 1.807) is 25.1 Å². The van der Waals surface area contributed by atoms with Gasteiger partial charge in [-0.3, -0.25) is 10.1 Å². The minimum Gasteiger partial charge on any atom is -0.380 e. The summed E-state index contributed by atoms with van der Waals surface area (Å²) in [6.07, 6.45) is 0.528. The molecule has 0 bridgehead atoms. The van der Waals surface area contributed by atoms with E-state index < -0.39 is 4.92 Å². The number of hydrogen-bond acceptors (Lipinski definition) is 7. The number of nitro groups is 1. The lowest BCUT2D eigenvalue weighted by Gasteiger charge is -2.10. The highest BCUT2D eigenvalue weighted by Crippen LogP contribution is 2.32. The zero-order chi connectivity index (χ0) is 15.2. The SMILES string of the molecule is CCNc1cccc(NCCc2noc(C)n2)c1[N+](=O)[O-]. The van der Waals surface area contributed by atoms with Crippen LogP contribution in [-0.2, 0) is 6.42 Å². The Hall–Kier alpha value is -2.64. The van der Waals surface area contributed by atoms with Crippen LogP contribution in [0.15, 0.2) is 22.7 Å². The average molecular weight is 291 g/mol. The standard InChI is InChI=1S/C13H17N5O3/c1-3-14-10-5-4-6-11(13(10)18(19)20)15-8-7-12-16-9(2)21-17-12/h4-6,14-15H,3,7-8H2,1-2H3. The van der Waals surface area contributed by atoms with Crippen LogP contribution in [0.3, 0.4) is 0 Å². The Bertz CT molecular complexity index is 626. The predicted octanol–water partition coefficient (Wildman–Crippen LogP) is 2.37. The first-order valence-corrected chi connectivity index (χ1v) is 6.66. The molecule has 2 rings (SSSR count). The first kappa shape index (κ1) is 14.8. The Balaban J connectivity index is 2.08. The van der Waals surface area contributed by atoms with Gasteiger partial charge in [0.25, 0.3) is 0 Å². The van der Waals surface area contributed by atoms with Crippen molar-refractivity contribution in [1.29, 1.82) is 0 Å². The molecular weight excluding hydrogens is 274 g/mol. The van der Waals surface area contributed by atoms with E-state index in [1.807, 2.05) is 6.92 Å². The van der Waals surface area contributed by atoms with Crippen molar-refractivity contribution in [3.63, 3.8) is 0 Å². The van der Waals surface area contributed by atoms with Gasteiger partial charge in [0.1, 0.15) is 11.4 Å². The summed E-state index contributed by atoms with van der Waals surface area (Å²) < 4.78 is 4.87. The molecule has 8 heteroatoms. The summed E-state index contributed by atoms with van der Waals surface area (Å²) in [4.78, 5) is 14.9. The summed E-state index contributed by atoms with van der Waals surface area (Å²) in [7, 11) is 0. The van der Waals surface area contributed by atoms with Gasteiger partial charge in [-0.2, -0.15) is 4.98 Å². The average Bonchev–Trinajstić information content (AvgIpc) is 2.85. The third-order valence-electron chi connectivity index (χ3n) is 2.82. The van der Waals surface area contributed by atoms with Gasteiger partial charge in [0.05, 0.1) is 4.92 Å². The molecule has 1 heterocycles. The molecule has 0 aliphatic carbocycles. The third kappa shape index (κ3) is 3.68. The van der Waals surface area contributed by atoms with Crippen LogP contribution in [0.5, 0.6) is 0 Å². The Morgan fingerprint density at radius 2 is 2.05 bits per heavy atom. The topological polar surface area (TPSA) is 106 Å². The number of aryl methyl sites for hydroxylation is 1. The van der Waals surface area contributed by atoms with Crippen LogP contribution in [0.25, 0.3) is 0 Å². The second-order valence-corrected chi connectivity index (χ2v) is 4.40. The zero-order valence-electron chi connectivity index (χ0n) is 11.9. The predicted molar refractivity (Wildman–Crippen MR) is 78.5 cm³/mol. The van der Waals surface area contributed by atoms with Crippen molar-refractivity contribution in [3.8, 4) is 0 Å². The van der Waals surface area contributed by atoms with Crippen molar-refractivity contribution in [1.82, 2.24) is 10.1 Å². The zero-order valence-corrected chi connectivity index (χ0v) is 11.9. The second-order valence-electron chi connectivity index (χ2n) is 4.40. The molecule has 0 saturated carbocycles. The molecule has 0 amide bonds. The number of nitrogens with zero attached hydrogens (tertiary/aromatic N) is 3. The number of nitro benzene ring substituents is 1. The number of hydrogen-bond donors (Lipinski definition) is 2. The van der Waals surface area contributed by atoms with Gasteiger partial charge >= 0.3 is 5.69 Å². The van der Waals surface area contributed by atoms with Gasteiger partial charge in [0.15, 0.2) is 5.82 Å². The minimum absolute atomic E-state index is 0.0450. The molecule has 2 aromatic rings. The lowest BCUT2D eigenvalue weighted by molar-refractivity contribution is -0.383. The molecule has 1 aromatic heterocycles. The number of benzene rings is 1. The maximum absolute atomic E-state index is 11.2. The molecule has 0 spiro atoms. The quantitative estimate of drug-likeness (QED) is 0.595. The van der Waals surface area contributed by atoms with E-state index in [0.29, 0.717) is 42.6 Å². The monoisotopic (exact) mass is 291 g/mol. The number of anilines is 2. The summed E-state index contributed by atoms with van der Waals surface area (Å²) in [5.41, 5.74) is 1.02. The third-order valence-corrected chi connectivity index (χ3v) is 2.82. The van der Waals surface area contributed by atoms with E-state index in [4.69, 9.17) is 4.52 Å². The van der Waals surface area contributed by atoms with Gasteiger partial charge in [-0.05, 0) is 19.1 Å². The van der Waals surface area contributed by atoms with Gasteiger partial charge in [0.2, 0.25) is 5.89 Å². The van der Waals surface area contributed by atoms with Crippen LogP contribution < -0.4 is 10.6 Å². The summed E-state index contributed by atoms with van der Waals surface area (Å²) in [6, 6.07) is 5.14. The van der Waals surface area contributed by atoms with Crippen molar-refractivity contribution < 1.29 is 9.45 Å². The van der Waals surface area contributed by atoms with Crippen LogP contribution in [0.1, 0.15) is 18.6 Å². The van der Waals surface area contributed by atoms with Crippen molar-refractivity contribution in [3.05, 3.63) is 40.0 Å². The Kier molecular flexibility index (Phi) is 4.70. The lowest BCUT2D eigenvalue weighted by Crippen LogP contribution is -2.09. The maximum Gasteiger partial charge on any atom is 0.315 e. The highest BCUT2D eigenvalue weighted by Gasteiger charge is 2.19. The lowest BCUT2D eigenvalue weighted by atomic mass is 10.2. The molecule has 0 radical (unpaired) electrons. The van der Waals surface area contributed by atoms with E-state index >= 15 is 0 Å². The first-order chi connectivity index (χ1) is 10.1. The van der Waals surface area contributed by atoms with E-state index in [-0.39, 0.29) is 5.69 Å². The normalized spacial score (nSPS) is 10.4. The van der Waals surface area contributed by atoms with Crippen LogP contribution >= 0.6 is 0 Å². The van der Waals surface area contributed by atoms with Crippen LogP contribution in [-0.4, -0.2) is 28.2 Å². The molecule has 0 saturated heterocycles. The van der Waals surface area contributed by atoms with E-state index in [9.17, 15) is 10.1 Å². The summed E-state index contributed by atoms with van der Waals surface area (Å²) >= 11 is 0. The van der Waals surface area contributed by atoms with E-state index in [1.165, 1.54) is 0 Å². The molecule has 0 aliphatic rings. The molecule has 21 heavy (non-hydrogen) atoms. The van der Waals surface area contributed by atoms with Crippen molar-refractivity contribution in [2.75, 3.05) is 23.7 Å². The van der Waals surface area contributed by atoms with Crippen LogP contribution in [0.2, 0.25) is 0 Å². The molecule has 1 aromatic carbocycles. The number of nitrogens with one attached hydrogen (secondary N) is 2. The molecule has 2 N–H and O–H groups in total. The summed E-state index contributed by atoms with van der Waals surface area (Å²) in [6.45, 7) is 4.71. The van der Waals surface area contributed by atoms with Crippen LogP contribution in [0.4, 0.5) is 17.1 Å². The molecule has 0 aliphatic heterocycles. The summed E-state index contributed by atoms with van der Waals surface area (Å²) in [5, 5.41) is 21.1. The molecule has 0 unspecified atom stereocenters. The van der Waals surface area contributed by atoms with Crippen molar-refractivity contribution in [2.24, 2.45) is 0 Å². The molecular formula is C13H17N5O3. The molecule has 0 fully saturated rings. The fourth-order valence-electron chi connectivity index (χ4n) is 1.97. The number of rotatable bonds is 7. The smallest absolute Gasteiger partial charge is 0.315 e. The first-order valence-electron chi connectivity index (χ1n) is 6.66. The molecule has 8 nitrogen and oxygen atoms in total. The largest absolute Gasteiger partial charge is 0.380 e. The minimum atomic E-state index is -0.390. The van der Waals surface area contributed by atoms with Gasteiger partial charge < -0.3 is 15.2 Å². The summed E-state index contributed by atoms with van der Waals surface area (Å²) in [5.74, 6) is 1.08. The highest BCUT2D eigenvalue weighted by atomic mass is 16.6. The van der Waals surface area contributed by atoms with Crippen molar-refractivity contribution in [2.45, 2.75) is 20.3 Å². The fraction of sp³-hybridized carbons (Fsp3) is 0.385. The van der Waals surface area contributed by atoms with Gasteiger partial charge in [-0.15, -0.1) is 0 Å². The van der Waals surface area contributed by atoms with Gasteiger partial charge in [-0.25, -0.2) is 0 Å². The van der Waals surface area contributed by atoms with E-state index in [2.05, 4.69) is 20.8 Å². The number of aromatic nitrogens is 2. The van der Waals surface area contributed by atoms with Crippen molar-refractivity contribution >= 4 is 17.1 Å². The van der Waals surface area contributed by atoms with Gasteiger partial charge in [-0.1, -0.05) is 11.2 Å². The van der Waals surface area contributed by atoms with E-state index in [0.717, 1.165) is 0 Å². The maximum atomic E-state index is 11.2. The Morgan fingerprint density at radius 3 is 2.62 bits per heavy atom. The Labute approximate surface area is 121 Å². The number of para-hydroxylation sites is 1. The molecule has 0 atom stereocenters.